The number of aliphatic hydroxyl groups is 1. The lowest BCUT2D eigenvalue weighted by Crippen LogP contribution is -2.51. The van der Waals surface area contributed by atoms with Crippen LogP contribution in [0.1, 0.15) is 207 Å². The molecule has 0 saturated heterocycles. The molecule has 256 valence electrons. The van der Waals surface area contributed by atoms with Crippen molar-refractivity contribution in [2.24, 2.45) is 5.92 Å². The van der Waals surface area contributed by atoms with Crippen molar-refractivity contribution in [3.63, 3.8) is 0 Å². The largest absolute Gasteiger partial charge is 0.465 e. The summed E-state index contributed by atoms with van der Waals surface area (Å²) in [6.07, 6.45) is 30.7. The fourth-order valence-corrected chi connectivity index (χ4v) is 5.89. The third-order valence-corrected chi connectivity index (χ3v) is 8.95. The molecule has 0 rings (SSSR count). The summed E-state index contributed by atoms with van der Waals surface area (Å²) in [6.45, 7) is 9.23. The zero-order valence-corrected chi connectivity index (χ0v) is 29.4. The van der Waals surface area contributed by atoms with E-state index >= 15 is 0 Å². The van der Waals surface area contributed by atoms with E-state index < -0.39 is 23.5 Å². The van der Waals surface area contributed by atoms with Crippen LogP contribution in [-0.4, -0.2) is 35.9 Å². The van der Waals surface area contributed by atoms with Gasteiger partial charge in [-0.25, -0.2) is 4.79 Å². The van der Waals surface area contributed by atoms with Crippen LogP contribution in [-0.2, 0) is 19.1 Å². The second-order valence-corrected chi connectivity index (χ2v) is 13.1. The van der Waals surface area contributed by atoms with Crippen molar-refractivity contribution in [2.45, 2.75) is 213 Å². The topological polar surface area (TPSA) is 72.8 Å². The maximum atomic E-state index is 13.4. The summed E-state index contributed by atoms with van der Waals surface area (Å²) in [6, 6.07) is 0. The Hall–Kier alpha value is -1.10. The van der Waals surface area contributed by atoms with Crippen LogP contribution in [0.25, 0.3) is 0 Å². The molecule has 43 heavy (non-hydrogen) atoms. The highest BCUT2D eigenvalue weighted by atomic mass is 16.6. The molecule has 2 atom stereocenters. The lowest BCUT2D eigenvalue weighted by molar-refractivity contribution is -0.183. The summed E-state index contributed by atoms with van der Waals surface area (Å²) in [5, 5.41) is 11.9. The lowest BCUT2D eigenvalue weighted by atomic mass is 9.79. The minimum atomic E-state index is -1.81. The van der Waals surface area contributed by atoms with Crippen LogP contribution >= 0.6 is 0 Å². The zero-order chi connectivity index (χ0) is 31.9. The Morgan fingerprint density at radius 1 is 0.488 bits per heavy atom. The fraction of sp³-hybridized carbons (Fsp3) is 0.947. The minimum Gasteiger partial charge on any atom is -0.465 e. The summed E-state index contributed by atoms with van der Waals surface area (Å²) in [5.74, 6) is -1.92. The van der Waals surface area contributed by atoms with Crippen LogP contribution in [0.3, 0.4) is 0 Å². The number of carbonyl (C=O) groups is 2. The molecule has 0 amide bonds. The Bertz CT molecular complexity index is 621. The van der Waals surface area contributed by atoms with Crippen LogP contribution in [0.4, 0.5) is 0 Å². The molecule has 0 fully saturated rings. The molecule has 0 heterocycles. The Morgan fingerprint density at radius 3 is 1.26 bits per heavy atom. The van der Waals surface area contributed by atoms with Gasteiger partial charge in [-0.2, -0.15) is 0 Å². The molecule has 0 spiro atoms. The van der Waals surface area contributed by atoms with E-state index in [-0.39, 0.29) is 13.0 Å². The Kier molecular flexibility index (Phi) is 30.1. The number of rotatable bonds is 33. The van der Waals surface area contributed by atoms with Gasteiger partial charge in [-0.05, 0) is 32.1 Å². The normalized spacial score (nSPS) is 13.5. The van der Waals surface area contributed by atoms with E-state index in [1.54, 1.807) is 0 Å². The van der Waals surface area contributed by atoms with Gasteiger partial charge in [-0.1, -0.05) is 175 Å². The molecule has 1 N–H and O–H groups in total. The molecule has 0 aliphatic heterocycles. The lowest BCUT2D eigenvalue weighted by Gasteiger charge is -2.33. The van der Waals surface area contributed by atoms with Gasteiger partial charge in [-0.3, -0.25) is 4.79 Å². The van der Waals surface area contributed by atoms with Gasteiger partial charge in [0.2, 0.25) is 0 Å². The van der Waals surface area contributed by atoms with Gasteiger partial charge in [0.15, 0.2) is 5.60 Å². The first-order valence-corrected chi connectivity index (χ1v) is 19.0. The highest BCUT2D eigenvalue weighted by Crippen LogP contribution is 2.32. The Morgan fingerprint density at radius 2 is 0.837 bits per heavy atom. The van der Waals surface area contributed by atoms with Crippen molar-refractivity contribution in [3.8, 4) is 0 Å². The van der Waals surface area contributed by atoms with Gasteiger partial charge >= 0.3 is 11.9 Å². The standard InChI is InChI=1S/C38H74O5/c1-5-9-13-15-17-19-21-23-25-27-29-31-35(36(39)42-33-11-7-3)38(41,37(40)43-34-12-8-4)32-30-28-26-24-22-20-18-16-14-10-6-2/h35,41H,5-34H2,1-4H3. The number of unbranched alkanes of at least 4 members (excludes halogenated alkanes) is 22. The first kappa shape index (κ1) is 41.9. The number of ether oxygens (including phenoxy) is 2. The number of esters is 2. The van der Waals surface area contributed by atoms with E-state index in [1.165, 1.54) is 103 Å². The summed E-state index contributed by atoms with van der Waals surface area (Å²) in [5.41, 5.74) is -1.81. The van der Waals surface area contributed by atoms with Crippen molar-refractivity contribution in [2.75, 3.05) is 13.2 Å². The molecule has 5 heteroatoms. The van der Waals surface area contributed by atoms with Crippen molar-refractivity contribution in [1.29, 1.82) is 0 Å². The van der Waals surface area contributed by atoms with Crippen molar-refractivity contribution in [1.82, 2.24) is 0 Å². The molecular formula is C38H74O5. The molecule has 0 aromatic carbocycles. The van der Waals surface area contributed by atoms with Crippen LogP contribution in [0.15, 0.2) is 0 Å². The van der Waals surface area contributed by atoms with E-state index in [1.807, 2.05) is 6.92 Å². The third-order valence-electron chi connectivity index (χ3n) is 8.95. The molecule has 0 aliphatic carbocycles. The number of hydrogen-bond acceptors (Lipinski definition) is 5. The highest BCUT2D eigenvalue weighted by molar-refractivity contribution is 5.87. The second kappa shape index (κ2) is 30.9. The van der Waals surface area contributed by atoms with E-state index in [0.29, 0.717) is 19.4 Å². The SMILES string of the molecule is CCCCCCCCCCCCCC(C(=O)OCCCC)C(O)(CCCCCCCCCCCCC)C(=O)OCCCC. The summed E-state index contributed by atoms with van der Waals surface area (Å²) >= 11 is 0. The summed E-state index contributed by atoms with van der Waals surface area (Å²) in [4.78, 5) is 26.7. The molecule has 0 aliphatic rings. The average Bonchev–Trinajstić information content (AvgIpc) is 3.00. The molecule has 0 aromatic rings. The van der Waals surface area contributed by atoms with Crippen molar-refractivity contribution >= 4 is 11.9 Å². The van der Waals surface area contributed by atoms with Gasteiger partial charge in [0.05, 0.1) is 19.1 Å². The molecule has 5 nitrogen and oxygen atoms in total. The Balaban J connectivity index is 4.97. The summed E-state index contributed by atoms with van der Waals surface area (Å²) < 4.78 is 11.2. The van der Waals surface area contributed by atoms with E-state index in [2.05, 4.69) is 20.8 Å². The van der Waals surface area contributed by atoms with Gasteiger partial charge in [0, 0.05) is 0 Å². The number of hydrogen-bond donors (Lipinski definition) is 1. The first-order chi connectivity index (χ1) is 21.0. The second-order valence-electron chi connectivity index (χ2n) is 13.1. The quantitative estimate of drug-likeness (QED) is 0.0591. The molecule has 0 radical (unpaired) electrons. The third kappa shape index (κ3) is 23.0. The van der Waals surface area contributed by atoms with Crippen molar-refractivity contribution in [3.05, 3.63) is 0 Å². The van der Waals surface area contributed by atoms with Crippen LogP contribution in [0.5, 0.6) is 0 Å². The van der Waals surface area contributed by atoms with Crippen LogP contribution < -0.4 is 0 Å². The fourth-order valence-electron chi connectivity index (χ4n) is 5.89. The molecule has 2 unspecified atom stereocenters. The monoisotopic (exact) mass is 611 g/mol. The summed E-state index contributed by atoms with van der Waals surface area (Å²) in [7, 11) is 0. The molecule has 0 bridgehead atoms. The predicted octanol–water partition coefficient (Wildman–Crippen LogP) is 11.4. The molecular weight excluding hydrogens is 536 g/mol. The number of carbonyl (C=O) groups excluding carboxylic acids is 2. The maximum absolute atomic E-state index is 13.4. The van der Waals surface area contributed by atoms with Gasteiger partial charge in [-0.15, -0.1) is 0 Å². The first-order valence-electron chi connectivity index (χ1n) is 19.0. The maximum Gasteiger partial charge on any atom is 0.339 e. The van der Waals surface area contributed by atoms with E-state index in [9.17, 15) is 14.7 Å². The van der Waals surface area contributed by atoms with Crippen LogP contribution in [0, 0.1) is 5.92 Å². The van der Waals surface area contributed by atoms with Gasteiger partial charge in [0.1, 0.15) is 0 Å². The minimum absolute atomic E-state index is 0.264. The zero-order valence-electron chi connectivity index (χ0n) is 29.4. The molecule has 0 aromatic heterocycles. The van der Waals surface area contributed by atoms with Gasteiger partial charge < -0.3 is 14.6 Å². The van der Waals surface area contributed by atoms with E-state index in [4.69, 9.17) is 9.47 Å². The Labute approximate surface area is 268 Å². The van der Waals surface area contributed by atoms with Crippen molar-refractivity contribution < 1.29 is 24.2 Å². The predicted molar refractivity (Wildman–Crippen MR) is 182 cm³/mol. The molecule has 0 saturated carbocycles. The van der Waals surface area contributed by atoms with Gasteiger partial charge in [0.25, 0.3) is 0 Å². The smallest absolute Gasteiger partial charge is 0.339 e. The van der Waals surface area contributed by atoms with E-state index in [0.717, 1.165) is 57.8 Å². The highest BCUT2D eigenvalue weighted by Gasteiger charge is 2.49. The average molecular weight is 611 g/mol. The van der Waals surface area contributed by atoms with Crippen LogP contribution in [0.2, 0.25) is 0 Å².